The zero-order chi connectivity index (χ0) is 27.9. The molecule has 0 bridgehead atoms. The van der Waals surface area contributed by atoms with Crippen molar-refractivity contribution in [3.8, 4) is 12.3 Å². The minimum atomic E-state index is -1.26. The predicted octanol–water partition coefficient (Wildman–Crippen LogP) is -0.231. The molecule has 1 fully saturated rings. The number of β-lactam (4-membered cyclic amide) rings is 1. The number of rotatable bonds is 13. The summed E-state index contributed by atoms with van der Waals surface area (Å²) >= 11 is 3.59. The topological polar surface area (TPSA) is 194 Å². The van der Waals surface area contributed by atoms with Crippen molar-refractivity contribution in [1.82, 2.24) is 35.4 Å². The Bertz CT molecular complexity index is 1410. The Hall–Kier alpha value is -4.21. The van der Waals surface area contributed by atoms with Gasteiger partial charge in [0.2, 0.25) is 11.6 Å². The monoisotopic (exact) mass is 589 g/mol. The SMILES string of the molecule is C#CCO/N=C(/C(=O)NC1C(=O)N2C(C(=O)O)=C(CSc3nnnn3CC=C)CS[C@H]12)c1csc(NC=O)n1. The van der Waals surface area contributed by atoms with Crippen LogP contribution in [-0.4, -0.2) is 94.6 Å². The number of terminal acetylenes is 1. The van der Waals surface area contributed by atoms with Crippen LogP contribution in [0.3, 0.4) is 0 Å². The van der Waals surface area contributed by atoms with Crippen molar-refractivity contribution < 1.29 is 29.1 Å². The van der Waals surface area contributed by atoms with Gasteiger partial charge in [-0.25, -0.2) is 14.5 Å². The number of oxime groups is 1. The van der Waals surface area contributed by atoms with Crippen molar-refractivity contribution in [2.45, 2.75) is 23.1 Å². The standard InChI is InChI=1S/C21H19N9O6S3/c1-3-5-29-21(25-27-28-29)39-8-11-7-37-18-14(17(33)30(18)15(11)19(34)35)24-16(32)13(26-36-6-4-2)12-9-38-20(23-12)22-10-31/h2-3,9-10,14,18H,1,5-8H2,(H,24,32)(H,34,35)(H,22,23,31)/b26-13+/t14?,18-/m1/s1. The minimum absolute atomic E-state index is 0.0861. The maximum absolute atomic E-state index is 13.1. The number of nitrogens with zero attached hydrogens (tertiary/aromatic N) is 7. The number of hydrogen-bond donors (Lipinski definition) is 3. The van der Waals surface area contributed by atoms with Crippen LogP contribution in [0, 0.1) is 12.3 Å². The summed E-state index contributed by atoms with van der Waals surface area (Å²) in [6, 6.07) is -1.02. The molecule has 18 heteroatoms. The third-order valence-electron chi connectivity index (χ3n) is 5.16. The van der Waals surface area contributed by atoms with E-state index in [0.717, 1.165) is 16.2 Å². The molecular formula is C21H19N9O6S3. The highest BCUT2D eigenvalue weighted by molar-refractivity contribution is 8.01. The Morgan fingerprint density at radius 1 is 1.46 bits per heavy atom. The predicted molar refractivity (Wildman–Crippen MR) is 142 cm³/mol. The molecule has 0 aromatic carbocycles. The lowest BCUT2D eigenvalue weighted by atomic mass is 10.0. The molecule has 2 aliphatic rings. The van der Waals surface area contributed by atoms with Crippen molar-refractivity contribution in [2.75, 3.05) is 23.4 Å². The van der Waals surface area contributed by atoms with E-state index in [4.69, 9.17) is 11.3 Å². The number of anilines is 1. The van der Waals surface area contributed by atoms with E-state index in [1.165, 1.54) is 33.6 Å². The molecular weight excluding hydrogens is 570 g/mol. The van der Waals surface area contributed by atoms with Crippen molar-refractivity contribution in [2.24, 2.45) is 5.16 Å². The van der Waals surface area contributed by atoms with E-state index in [1.807, 2.05) is 0 Å². The van der Waals surface area contributed by atoms with Gasteiger partial charge in [0, 0.05) is 16.9 Å². The fraction of sp³-hybridized carbons (Fsp3) is 0.286. The van der Waals surface area contributed by atoms with Gasteiger partial charge in [0.15, 0.2) is 17.5 Å². The highest BCUT2D eigenvalue weighted by Crippen LogP contribution is 2.41. The third-order valence-corrected chi connectivity index (χ3v) is 8.32. The van der Waals surface area contributed by atoms with Crippen molar-refractivity contribution in [3.05, 3.63) is 35.0 Å². The molecule has 2 aromatic rings. The first kappa shape index (κ1) is 27.8. The van der Waals surface area contributed by atoms with E-state index in [-0.39, 0.29) is 34.6 Å². The van der Waals surface area contributed by atoms with Crippen LogP contribution < -0.4 is 10.6 Å². The summed E-state index contributed by atoms with van der Waals surface area (Å²) in [5.74, 6) is 0.113. The zero-order valence-electron chi connectivity index (χ0n) is 19.8. The number of carbonyl (C=O) groups is 4. The number of fused-ring (bicyclic) bond motifs is 1. The Kier molecular flexibility index (Phi) is 8.96. The lowest BCUT2D eigenvalue weighted by Gasteiger charge is -2.49. The van der Waals surface area contributed by atoms with E-state index < -0.39 is 29.2 Å². The summed E-state index contributed by atoms with van der Waals surface area (Å²) in [6.07, 6.45) is 7.22. The fourth-order valence-corrected chi connectivity index (χ4v) is 6.56. The lowest BCUT2D eigenvalue weighted by molar-refractivity contribution is -0.150. The number of aliphatic carboxylic acids is 1. The Morgan fingerprint density at radius 3 is 3.00 bits per heavy atom. The van der Waals surface area contributed by atoms with Crippen LogP contribution in [0.4, 0.5) is 5.13 Å². The van der Waals surface area contributed by atoms with E-state index in [0.29, 0.717) is 29.4 Å². The molecule has 1 unspecified atom stereocenters. The summed E-state index contributed by atoms with van der Waals surface area (Å²) in [4.78, 5) is 59.2. The van der Waals surface area contributed by atoms with Crippen LogP contribution in [0.2, 0.25) is 0 Å². The molecule has 4 heterocycles. The number of carboxylic acid groups (broad SMARTS) is 1. The van der Waals surface area contributed by atoms with Gasteiger partial charge in [-0.1, -0.05) is 28.9 Å². The van der Waals surface area contributed by atoms with Crippen molar-refractivity contribution >= 4 is 69.9 Å². The third kappa shape index (κ3) is 5.94. The molecule has 202 valence electrons. The van der Waals surface area contributed by atoms with Gasteiger partial charge < -0.3 is 20.6 Å². The van der Waals surface area contributed by atoms with Gasteiger partial charge in [0.1, 0.15) is 22.8 Å². The maximum Gasteiger partial charge on any atom is 0.352 e. The first-order chi connectivity index (χ1) is 18.9. The first-order valence-corrected chi connectivity index (χ1v) is 13.8. The minimum Gasteiger partial charge on any atom is -0.477 e. The molecule has 3 N–H and O–H groups in total. The second-order valence-corrected chi connectivity index (χ2v) is 10.5. The quantitative estimate of drug-likeness (QED) is 0.0407. The lowest BCUT2D eigenvalue weighted by Crippen LogP contribution is -2.71. The molecule has 2 aromatic heterocycles. The molecule has 39 heavy (non-hydrogen) atoms. The molecule has 0 spiro atoms. The smallest absolute Gasteiger partial charge is 0.352 e. The summed E-state index contributed by atoms with van der Waals surface area (Å²) in [6.45, 7) is 3.81. The van der Waals surface area contributed by atoms with E-state index in [1.54, 1.807) is 6.08 Å². The van der Waals surface area contributed by atoms with Gasteiger partial charge in [-0.15, -0.1) is 41.2 Å². The second kappa shape index (κ2) is 12.6. The highest BCUT2D eigenvalue weighted by atomic mass is 32.2. The van der Waals surface area contributed by atoms with Crippen LogP contribution in [0.25, 0.3) is 0 Å². The Labute approximate surface area is 233 Å². The molecule has 3 amide bonds. The Balaban J connectivity index is 1.49. The van der Waals surface area contributed by atoms with E-state index >= 15 is 0 Å². The fourth-order valence-electron chi connectivity index (χ4n) is 3.53. The molecule has 0 saturated carbocycles. The summed E-state index contributed by atoms with van der Waals surface area (Å²) in [5, 5.41) is 31.5. The number of nitrogens with one attached hydrogen (secondary N) is 2. The van der Waals surface area contributed by atoms with Crippen molar-refractivity contribution in [1.29, 1.82) is 0 Å². The van der Waals surface area contributed by atoms with Gasteiger partial charge in [0.25, 0.3) is 11.8 Å². The number of hydrogen-bond acceptors (Lipinski definition) is 13. The number of allylic oxidation sites excluding steroid dienone is 1. The normalized spacial score (nSPS) is 18.5. The van der Waals surface area contributed by atoms with E-state index in [2.05, 4.69) is 48.8 Å². The molecule has 2 aliphatic heterocycles. The largest absolute Gasteiger partial charge is 0.477 e. The van der Waals surface area contributed by atoms with Gasteiger partial charge in [0.05, 0.1) is 6.54 Å². The van der Waals surface area contributed by atoms with Gasteiger partial charge in [-0.05, 0) is 16.0 Å². The number of carboxylic acids is 1. The first-order valence-electron chi connectivity index (χ1n) is 10.9. The maximum atomic E-state index is 13.1. The molecule has 15 nitrogen and oxygen atoms in total. The number of tetrazole rings is 1. The van der Waals surface area contributed by atoms with Crippen LogP contribution in [0.5, 0.6) is 0 Å². The molecule has 1 saturated heterocycles. The summed E-state index contributed by atoms with van der Waals surface area (Å²) in [5.41, 5.74) is 0.196. The highest BCUT2D eigenvalue weighted by Gasteiger charge is 2.54. The molecule has 0 radical (unpaired) electrons. The van der Waals surface area contributed by atoms with Crippen LogP contribution in [0.1, 0.15) is 5.69 Å². The average Bonchev–Trinajstić information content (AvgIpc) is 3.57. The summed E-state index contributed by atoms with van der Waals surface area (Å²) < 4.78 is 1.52. The zero-order valence-corrected chi connectivity index (χ0v) is 22.3. The van der Waals surface area contributed by atoms with Gasteiger partial charge in [-0.3, -0.25) is 19.3 Å². The van der Waals surface area contributed by atoms with Gasteiger partial charge in [-0.2, -0.15) is 0 Å². The van der Waals surface area contributed by atoms with Crippen LogP contribution in [0.15, 0.2) is 39.6 Å². The second-order valence-electron chi connectivity index (χ2n) is 7.56. The summed E-state index contributed by atoms with van der Waals surface area (Å²) in [7, 11) is 0. The molecule has 0 aliphatic carbocycles. The van der Waals surface area contributed by atoms with Gasteiger partial charge >= 0.3 is 5.97 Å². The number of amides is 3. The van der Waals surface area contributed by atoms with Crippen LogP contribution in [-0.2, 0) is 30.6 Å². The molecule has 2 atom stereocenters. The number of aromatic nitrogens is 5. The number of carbonyl (C=O) groups excluding carboxylic acids is 3. The molecule has 4 rings (SSSR count). The number of thioether (sulfide) groups is 2. The number of thiazole rings is 1. The average molecular weight is 590 g/mol. The Morgan fingerprint density at radius 2 is 2.28 bits per heavy atom. The van der Waals surface area contributed by atoms with E-state index in [9.17, 15) is 24.3 Å². The van der Waals surface area contributed by atoms with Crippen LogP contribution >= 0.6 is 34.9 Å². The van der Waals surface area contributed by atoms with Crippen molar-refractivity contribution in [3.63, 3.8) is 0 Å².